The maximum absolute atomic E-state index is 13.0. The summed E-state index contributed by atoms with van der Waals surface area (Å²) in [5.41, 5.74) is 9.51. The molecule has 5 heteroatoms. The third kappa shape index (κ3) is 3.19. The van der Waals surface area contributed by atoms with Crippen LogP contribution >= 0.6 is 0 Å². The molecule has 0 aliphatic rings. The van der Waals surface area contributed by atoms with Gasteiger partial charge in [-0.3, -0.25) is 5.10 Å². The van der Waals surface area contributed by atoms with Crippen molar-refractivity contribution in [2.45, 2.75) is 13.5 Å². The SMILES string of the molecule is Cc1[nH]nc(-c2ccc(F)cc2)c1CN(C)CCN. The molecular weight excluding hydrogens is 243 g/mol. The molecule has 4 nitrogen and oxygen atoms in total. The Bertz CT molecular complexity index is 533. The fourth-order valence-corrected chi connectivity index (χ4v) is 2.06. The Hall–Kier alpha value is -1.72. The minimum absolute atomic E-state index is 0.238. The zero-order valence-electron chi connectivity index (χ0n) is 11.3. The lowest BCUT2D eigenvalue weighted by Gasteiger charge is -2.16. The summed E-state index contributed by atoms with van der Waals surface area (Å²) >= 11 is 0. The molecule has 0 saturated carbocycles. The quantitative estimate of drug-likeness (QED) is 0.865. The van der Waals surface area contributed by atoms with Crippen LogP contribution in [0.5, 0.6) is 0 Å². The summed E-state index contributed by atoms with van der Waals surface area (Å²) in [5.74, 6) is -0.238. The number of nitrogens with zero attached hydrogens (tertiary/aromatic N) is 2. The molecule has 2 rings (SSSR count). The van der Waals surface area contributed by atoms with Gasteiger partial charge in [0.25, 0.3) is 0 Å². The molecular formula is C14H19FN4. The number of aryl methyl sites for hydroxylation is 1. The maximum atomic E-state index is 13.0. The van der Waals surface area contributed by atoms with Crippen molar-refractivity contribution in [1.82, 2.24) is 15.1 Å². The summed E-state index contributed by atoms with van der Waals surface area (Å²) in [6.45, 7) is 4.21. The maximum Gasteiger partial charge on any atom is 0.123 e. The van der Waals surface area contributed by atoms with Gasteiger partial charge in [0.2, 0.25) is 0 Å². The lowest BCUT2D eigenvalue weighted by atomic mass is 10.1. The molecule has 0 radical (unpaired) electrons. The van der Waals surface area contributed by atoms with E-state index in [1.807, 2.05) is 14.0 Å². The molecule has 0 aliphatic carbocycles. The van der Waals surface area contributed by atoms with E-state index in [4.69, 9.17) is 5.73 Å². The average molecular weight is 262 g/mol. The Kier molecular flexibility index (Phi) is 4.29. The Labute approximate surface area is 112 Å². The highest BCUT2D eigenvalue weighted by atomic mass is 19.1. The predicted octanol–water partition coefficient (Wildman–Crippen LogP) is 1.91. The van der Waals surface area contributed by atoms with Crippen molar-refractivity contribution in [3.05, 3.63) is 41.3 Å². The van der Waals surface area contributed by atoms with Crippen molar-refractivity contribution < 1.29 is 4.39 Å². The van der Waals surface area contributed by atoms with Gasteiger partial charge in [0.15, 0.2) is 0 Å². The number of rotatable bonds is 5. The molecule has 2 aromatic rings. The average Bonchev–Trinajstić information content (AvgIpc) is 2.73. The number of likely N-dealkylation sites (N-methyl/N-ethyl adjacent to an activating group) is 1. The molecule has 1 aromatic carbocycles. The number of H-pyrrole nitrogens is 1. The topological polar surface area (TPSA) is 57.9 Å². The van der Waals surface area contributed by atoms with E-state index in [0.29, 0.717) is 6.54 Å². The number of hydrogen-bond donors (Lipinski definition) is 2. The molecule has 0 amide bonds. The van der Waals surface area contributed by atoms with Gasteiger partial charge in [-0.25, -0.2) is 4.39 Å². The van der Waals surface area contributed by atoms with E-state index in [2.05, 4.69) is 15.1 Å². The van der Waals surface area contributed by atoms with E-state index in [0.717, 1.165) is 35.6 Å². The fraction of sp³-hybridized carbons (Fsp3) is 0.357. The van der Waals surface area contributed by atoms with Crippen LogP contribution < -0.4 is 5.73 Å². The Morgan fingerprint density at radius 3 is 2.63 bits per heavy atom. The lowest BCUT2D eigenvalue weighted by molar-refractivity contribution is 0.336. The normalized spacial score (nSPS) is 11.2. The van der Waals surface area contributed by atoms with E-state index < -0.39 is 0 Å². The molecule has 0 spiro atoms. The molecule has 0 bridgehead atoms. The molecule has 1 heterocycles. The minimum atomic E-state index is -0.238. The highest BCUT2D eigenvalue weighted by Crippen LogP contribution is 2.24. The molecule has 102 valence electrons. The molecule has 0 unspecified atom stereocenters. The predicted molar refractivity (Wildman–Crippen MR) is 74.1 cm³/mol. The molecule has 3 N–H and O–H groups in total. The number of benzene rings is 1. The first-order valence-electron chi connectivity index (χ1n) is 6.30. The van der Waals surface area contributed by atoms with E-state index in [1.54, 1.807) is 12.1 Å². The van der Waals surface area contributed by atoms with Gasteiger partial charge in [-0.2, -0.15) is 5.10 Å². The number of aromatic nitrogens is 2. The van der Waals surface area contributed by atoms with Crippen molar-refractivity contribution in [1.29, 1.82) is 0 Å². The van der Waals surface area contributed by atoms with Crippen LogP contribution in [0.25, 0.3) is 11.3 Å². The van der Waals surface area contributed by atoms with Crippen molar-refractivity contribution in [2.75, 3.05) is 20.1 Å². The van der Waals surface area contributed by atoms with Crippen LogP contribution in [0, 0.1) is 12.7 Å². The van der Waals surface area contributed by atoms with E-state index >= 15 is 0 Å². The Balaban J connectivity index is 2.29. The van der Waals surface area contributed by atoms with Gasteiger partial charge in [-0.1, -0.05) is 0 Å². The summed E-state index contributed by atoms with van der Waals surface area (Å²) in [7, 11) is 2.02. The number of aromatic amines is 1. The van der Waals surface area contributed by atoms with Crippen LogP contribution in [0.4, 0.5) is 4.39 Å². The second-order valence-corrected chi connectivity index (χ2v) is 4.71. The molecule has 0 saturated heterocycles. The number of nitrogens with two attached hydrogens (primary N) is 1. The lowest BCUT2D eigenvalue weighted by Crippen LogP contribution is -2.25. The largest absolute Gasteiger partial charge is 0.329 e. The zero-order valence-corrected chi connectivity index (χ0v) is 11.3. The number of halogens is 1. The van der Waals surface area contributed by atoms with Crippen molar-refractivity contribution in [2.24, 2.45) is 5.73 Å². The van der Waals surface area contributed by atoms with Crippen LogP contribution in [0.1, 0.15) is 11.3 Å². The van der Waals surface area contributed by atoms with Crippen LogP contribution in [-0.2, 0) is 6.54 Å². The smallest absolute Gasteiger partial charge is 0.123 e. The van der Waals surface area contributed by atoms with E-state index in [1.165, 1.54) is 12.1 Å². The van der Waals surface area contributed by atoms with Gasteiger partial charge in [0, 0.05) is 36.5 Å². The number of hydrogen-bond acceptors (Lipinski definition) is 3. The first kappa shape index (κ1) is 13.7. The third-order valence-electron chi connectivity index (χ3n) is 3.13. The molecule has 0 atom stereocenters. The summed E-state index contributed by atoms with van der Waals surface area (Å²) < 4.78 is 13.0. The minimum Gasteiger partial charge on any atom is -0.329 e. The van der Waals surface area contributed by atoms with Gasteiger partial charge in [0.05, 0.1) is 5.69 Å². The van der Waals surface area contributed by atoms with Crippen LogP contribution in [0.2, 0.25) is 0 Å². The van der Waals surface area contributed by atoms with E-state index in [-0.39, 0.29) is 5.82 Å². The highest BCUT2D eigenvalue weighted by Gasteiger charge is 2.13. The zero-order chi connectivity index (χ0) is 13.8. The summed E-state index contributed by atoms with van der Waals surface area (Å²) in [5, 5.41) is 7.32. The Morgan fingerprint density at radius 1 is 1.32 bits per heavy atom. The van der Waals surface area contributed by atoms with E-state index in [9.17, 15) is 4.39 Å². The third-order valence-corrected chi connectivity index (χ3v) is 3.13. The van der Waals surface area contributed by atoms with Gasteiger partial charge in [-0.15, -0.1) is 0 Å². The fourth-order valence-electron chi connectivity index (χ4n) is 2.06. The number of nitrogens with one attached hydrogen (secondary N) is 1. The Morgan fingerprint density at radius 2 is 2.00 bits per heavy atom. The van der Waals surface area contributed by atoms with Gasteiger partial charge in [0.1, 0.15) is 5.82 Å². The van der Waals surface area contributed by atoms with Crippen molar-refractivity contribution in [3.8, 4) is 11.3 Å². The van der Waals surface area contributed by atoms with Crippen LogP contribution in [0.3, 0.4) is 0 Å². The first-order chi connectivity index (χ1) is 9.11. The summed E-state index contributed by atoms with van der Waals surface area (Å²) in [4.78, 5) is 2.14. The van der Waals surface area contributed by atoms with Gasteiger partial charge >= 0.3 is 0 Å². The van der Waals surface area contributed by atoms with Crippen molar-refractivity contribution in [3.63, 3.8) is 0 Å². The van der Waals surface area contributed by atoms with Gasteiger partial charge < -0.3 is 10.6 Å². The molecule has 0 fully saturated rings. The van der Waals surface area contributed by atoms with Crippen LogP contribution in [-0.4, -0.2) is 35.2 Å². The second kappa shape index (κ2) is 5.95. The summed E-state index contributed by atoms with van der Waals surface area (Å²) in [6.07, 6.45) is 0. The highest BCUT2D eigenvalue weighted by molar-refractivity contribution is 5.63. The summed E-state index contributed by atoms with van der Waals surface area (Å²) in [6, 6.07) is 6.40. The monoisotopic (exact) mass is 262 g/mol. The molecule has 0 aliphatic heterocycles. The molecule has 19 heavy (non-hydrogen) atoms. The first-order valence-corrected chi connectivity index (χ1v) is 6.30. The van der Waals surface area contributed by atoms with Gasteiger partial charge in [-0.05, 0) is 38.2 Å². The van der Waals surface area contributed by atoms with Crippen molar-refractivity contribution >= 4 is 0 Å². The molecule has 1 aromatic heterocycles. The second-order valence-electron chi connectivity index (χ2n) is 4.71. The standard InChI is InChI=1S/C14H19FN4/c1-10-13(9-19(2)8-7-16)14(18-17-10)11-3-5-12(15)6-4-11/h3-6H,7-9,16H2,1-2H3,(H,17,18). The van der Waals surface area contributed by atoms with Crippen LogP contribution in [0.15, 0.2) is 24.3 Å².